The Morgan fingerprint density at radius 1 is 1.25 bits per heavy atom. The summed E-state index contributed by atoms with van der Waals surface area (Å²) < 4.78 is 0.985. The van der Waals surface area contributed by atoms with Gasteiger partial charge in [-0.15, -0.1) is 0 Å². The highest BCUT2D eigenvalue weighted by Gasteiger charge is 2.35. The van der Waals surface area contributed by atoms with Gasteiger partial charge >= 0.3 is 0 Å². The first-order valence-corrected chi connectivity index (χ1v) is 6.06. The molecule has 0 amide bonds. The van der Waals surface area contributed by atoms with Gasteiger partial charge in [-0.25, -0.2) is 4.98 Å². The molecule has 0 bridgehead atoms. The summed E-state index contributed by atoms with van der Waals surface area (Å²) >= 11 is 3.41. The zero-order valence-corrected chi connectivity index (χ0v) is 12.0. The summed E-state index contributed by atoms with van der Waals surface area (Å²) in [4.78, 5) is 4.40. The second kappa shape index (κ2) is 4.34. The van der Waals surface area contributed by atoms with E-state index < -0.39 is 11.1 Å². The van der Waals surface area contributed by atoms with E-state index in [1.807, 2.05) is 32.9 Å². The maximum absolute atomic E-state index is 10.0. The summed E-state index contributed by atoms with van der Waals surface area (Å²) in [5.41, 5.74) is -0.341. The predicted molar refractivity (Wildman–Crippen MR) is 70.7 cm³/mol. The molecule has 1 aromatic rings. The minimum Gasteiger partial charge on any atom is -0.388 e. The fourth-order valence-corrected chi connectivity index (χ4v) is 1.31. The fraction of sp³-hybridized carbons (Fsp3) is 0.583. The second-order valence-electron chi connectivity index (χ2n) is 5.07. The number of aliphatic hydroxyl groups is 1. The van der Waals surface area contributed by atoms with Crippen molar-refractivity contribution in [3.63, 3.8) is 0 Å². The van der Waals surface area contributed by atoms with E-state index in [1.54, 1.807) is 13.8 Å². The minimum absolute atomic E-state index is 0.444. The number of hydrogen-bond acceptors (Lipinski definition) is 3. The van der Waals surface area contributed by atoms with E-state index in [9.17, 15) is 5.11 Å². The molecular formula is C12H19BrN2O. The van der Waals surface area contributed by atoms with Gasteiger partial charge in [0, 0.05) is 4.47 Å². The number of pyridine rings is 1. The number of nitrogens with zero attached hydrogens (tertiary/aromatic N) is 1. The zero-order chi connectivity index (χ0) is 12.6. The maximum atomic E-state index is 10.0. The average molecular weight is 287 g/mol. The molecule has 4 heteroatoms. The lowest BCUT2D eigenvalue weighted by atomic mass is 9.86. The number of aromatic nitrogens is 1. The van der Waals surface area contributed by atoms with E-state index in [4.69, 9.17) is 0 Å². The molecule has 1 aromatic heterocycles. The van der Waals surface area contributed by atoms with Gasteiger partial charge < -0.3 is 10.4 Å². The number of hydrogen-bond donors (Lipinski definition) is 2. The number of rotatable bonds is 3. The molecule has 0 spiro atoms. The lowest BCUT2D eigenvalue weighted by molar-refractivity contribution is 0.0239. The van der Waals surface area contributed by atoms with E-state index in [0.717, 1.165) is 16.0 Å². The van der Waals surface area contributed by atoms with Gasteiger partial charge in [-0.1, -0.05) is 0 Å². The molecule has 3 nitrogen and oxygen atoms in total. The molecule has 0 aliphatic heterocycles. The number of aryl methyl sites for hydroxylation is 1. The van der Waals surface area contributed by atoms with Crippen molar-refractivity contribution in [1.82, 2.24) is 4.98 Å². The van der Waals surface area contributed by atoms with Gasteiger partial charge in [-0.05, 0) is 62.7 Å². The van der Waals surface area contributed by atoms with Gasteiger partial charge in [0.1, 0.15) is 5.82 Å². The molecule has 0 aliphatic rings. The summed E-state index contributed by atoms with van der Waals surface area (Å²) in [5.74, 6) is 0.771. The summed E-state index contributed by atoms with van der Waals surface area (Å²) in [6.07, 6.45) is 0. The highest BCUT2D eigenvalue weighted by molar-refractivity contribution is 9.10. The van der Waals surface area contributed by atoms with Crippen LogP contribution in [0.2, 0.25) is 0 Å². The Bertz CT molecular complexity index is 383. The van der Waals surface area contributed by atoms with Crippen molar-refractivity contribution in [3.05, 3.63) is 22.3 Å². The third-order valence-electron chi connectivity index (χ3n) is 2.99. The van der Waals surface area contributed by atoms with Crippen molar-refractivity contribution in [2.45, 2.75) is 45.8 Å². The third-order valence-corrected chi connectivity index (χ3v) is 3.83. The normalized spacial score (nSPS) is 12.7. The quantitative estimate of drug-likeness (QED) is 0.898. The Balaban J connectivity index is 2.93. The van der Waals surface area contributed by atoms with E-state index >= 15 is 0 Å². The van der Waals surface area contributed by atoms with Crippen molar-refractivity contribution in [1.29, 1.82) is 0 Å². The number of nitrogens with one attached hydrogen (secondary N) is 1. The van der Waals surface area contributed by atoms with Crippen LogP contribution in [0, 0.1) is 6.92 Å². The minimum atomic E-state index is -0.824. The lowest BCUT2D eigenvalue weighted by Crippen LogP contribution is -2.51. The third kappa shape index (κ3) is 2.95. The summed E-state index contributed by atoms with van der Waals surface area (Å²) in [5, 5.41) is 13.3. The lowest BCUT2D eigenvalue weighted by Gasteiger charge is -2.38. The van der Waals surface area contributed by atoms with E-state index in [1.165, 1.54) is 0 Å². The molecule has 0 saturated carbocycles. The smallest absolute Gasteiger partial charge is 0.126 e. The monoisotopic (exact) mass is 286 g/mol. The molecule has 1 rings (SSSR count). The molecule has 90 valence electrons. The molecule has 0 atom stereocenters. The predicted octanol–water partition coefficient (Wildman–Crippen LogP) is 3.11. The van der Waals surface area contributed by atoms with Crippen LogP contribution in [-0.2, 0) is 0 Å². The Kier molecular flexibility index (Phi) is 3.65. The van der Waals surface area contributed by atoms with Crippen molar-refractivity contribution in [3.8, 4) is 0 Å². The van der Waals surface area contributed by atoms with Crippen molar-refractivity contribution >= 4 is 21.7 Å². The number of halogens is 1. The number of anilines is 1. The Morgan fingerprint density at radius 3 is 2.25 bits per heavy atom. The fourth-order valence-electron chi connectivity index (χ4n) is 1.09. The molecule has 0 unspecified atom stereocenters. The molecule has 0 aromatic carbocycles. The van der Waals surface area contributed by atoms with Gasteiger partial charge in [-0.3, -0.25) is 0 Å². The van der Waals surface area contributed by atoms with Crippen LogP contribution in [-0.4, -0.2) is 21.2 Å². The molecule has 0 aliphatic carbocycles. The van der Waals surface area contributed by atoms with Crippen molar-refractivity contribution in [2.75, 3.05) is 5.32 Å². The average Bonchev–Trinajstić information content (AvgIpc) is 2.09. The van der Waals surface area contributed by atoms with E-state index in [-0.39, 0.29) is 0 Å². The molecule has 0 fully saturated rings. The highest BCUT2D eigenvalue weighted by atomic mass is 79.9. The first-order chi connectivity index (χ1) is 7.13. The van der Waals surface area contributed by atoms with Crippen LogP contribution >= 0.6 is 15.9 Å². The van der Waals surface area contributed by atoms with E-state index in [2.05, 4.69) is 26.2 Å². The molecular weight excluding hydrogens is 268 g/mol. The van der Waals surface area contributed by atoms with Crippen molar-refractivity contribution < 1.29 is 5.11 Å². The largest absolute Gasteiger partial charge is 0.388 e. The van der Waals surface area contributed by atoms with Gasteiger partial charge in [-0.2, -0.15) is 0 Å². The first kappa shape index (κ1) is 13.5. The van der Waals surface area contributed by atoms with Gasteiger partial charge in [0.15, 0.2) is 0 Å². The van der Waals surface area contributed by atoms with Crippen LogP contribution in [0.3, 0.4) is 0 Å². The summed E-state index contributed by atoms with van der Waals surface area (Å²) in [7, 11) is 0. The standard InChI is InChI=1S/C12H19BrN2O/c1-8-9(13)6-7-10(14-8)15-11(2,3)12(4,5)16/h6-7,16H,1-5H3,(H,14,15). The van der Waals surface area contributed by atoms with Crippen LogP contribution in [0.4, 0.5) is 5.82 Å². The van der Waals surface area contributed by atoms with Crippen LogP contribution in [0.25, 0.3) is 0 Å². The molecule has 1 heterocycles. The summed E-state index contributed by atoms with van der Waals surface area (Å²) in [6.45, 7) is 9.40. The second-order valence-corrected chi connectivity index (χ2v) is 5.93. The molecule has 0 saturated heterocycles. The zero-order valence-electron chi connectivity index (χ0n) is 10.4. The molecule has 2 N–H and O–H groups in total. The Labute approximate surface area is 105 Å². The molecule has 16 heavy (non-hydrogen) atoms. The topological polar surface area (TPSA) is 45.2 Å². The van der Waals surface area contributed by atoms with Crippen molar-refractivity contribution in [2.24, 2.45) is 0 Å². The van der Waals surface area contributed by atoms with Gasteiger partial charge in [0.25, 0.3) is 0 Å². The first-order valence-electron chi connectivity index (χ1n) is 5.27. The van der Waals surface area contributed by atoms with Crippen LogP contribution in [0.5, 0.6) is 0 Å². The van der Waals surface area contributed by atoms with Gasteiger partial charge in [0.05, 0.1) is 16.8 Å². The Hall–Kier alpha value is -0.610. The maximum Gasteiger partial charge on any atom is 0.126 e. The van der Waals surface area contributed by atoms with Crippen LogP contribution in [0.15, 0.2) is 16.6 Å². The summed E-state index contributed by atoms with van der Waals surface area (Å²) in [6, 6.07) is 3.84. The molecule has 0 radical (unpaired) electrons. The Morgan fingerprint density at radius 2 is 1.81 bits per heavy atom. The van der Waals surface area contributed by atoms with Crippen LogP contribution in [0.1, 0.15) is 33.4 Å². The highest BCUT2D eigenvalue weighted by Crippen LogP contribution is 2.26. The SMILES string of the molecule is Cc1nc(NC(C)(C)C(C)(C)O)ccc1Br. The van der Waals surface area contributed by atoms with E-state index in [0.29, 0.717) is 0 Å². The van der Waals surface area contributed by atoms with Gasteiger partial charge in [0.2, 0.25) is 0 Å². The van der Waals surface area contributed by atoms with Crippen LogP contribution < -0.4 is 5.32 Å².